The predicted octanol–water partition coefficient (Wildman–Crippen LogP) is 0.882. The zero-order chi connectivity index (χ0) is 12.5. The lowest BCUT2D eigenvalue weighted by molar-refractivity contribution is -0.138. The van der Waals surface area contributed by atoms with Crippen LogP contribution >= 0.6 is 0 Å². The standard InChI is InChI=1S/C11H15NO4/c1-6-7(10(14)16-5)8(13)11(2,3)12-9(6)15-4/h1-5H3. The van der Waals surface area contributed by atoms with Gasteiger partial charge in [0.1, 0.15) is 11.1 Å². The quantitative estimate of drug-likeness (QED) is 0.491. The summed E-state index contributed by atoms with van der Waals surface area (Å²) in [5, 5.41) is 0. The van der Waals surface area contributed by atoms with Crippen LogP contribution in [0, 0.1) is 0 Å². The molecule has 1 aliphatic rings. The highest BCUT2D eigenvalue weighted by atomic mass is 16.5. The number of hydrogen-bond donors (Lipinski definition) is 0. The van der Waals surface area contributed by atoms with Crippen LogP contribution in [0.4, 0.5) is 0 Å². The first-order chi connectivity index (χ1) is 7.35. The normalized spacial score (nSPS) is 19.3. The van der Waals surface area contributed by atoms with Crippen molar-refractivity contribution in [3.05, 3.63) is 11.1 Å². The van der Waals surface area contributed by atoms with E-state index in [2.05, 4.69) is 9.73 Å². The molecule has 0 N–H and O–H groups in total. The van der Waals surface area contributed by atoms with E-state index in [4.69, 9.17) is 4.74 Å². The highest BCUT2D eigenvalue weighted by Gasteiger charge is 2.40. The molecule has 1 rings (SSSR count). The number of dihydropyridines is 1. The van der Waals surface area contributed by atoms with Gasteiger partial charge in [0, 0.05) is 5.57 Å². The number of carbonyl (C=O) groups excluding carboxylic acids is 2. The third kappa shape index (κ3) is 1.85. The third-order valence-corrected chi connectivity index (χ3v) is 2.44. The van der Waals surface area contributed by atoms with Crippen LogP contribution in [-0.4, -0.2) is 37.4 Å². The first kappa shape index (κ1) is 12.4. The Morgan fingerprint density at radius 1 is 1.31 bits per heavy atom. The number of methoxy groups -OCH3 is 2. The van der Waals surface area contributed by atoms with Crippen molar-refractivity contribution in [2.24, 2.45) is 4.99 Å². The monoisotopic (exact) mass is 225 g/mol. The van der Waals surface area contributed by atoms with Gasteiger partial charge in [-0.25, -0.2) is 9.79 Å². The molecule has 1 heterocycles. The molecule has 1 aliphatic heterocycles. The Hall–Kier alpha value is -1.65. The summed E-state index contributed by atoms with van der Waals surface area (Å²) < 4.78 is 9.63. The van der Waals surface area contributed by atoms with E-state index in [1.165, 1.54) is 14.2 Å². The Bertz CT molecular complexity index is 404. The smallest absolute Gasteiger partial charge is 0.342 e. The summed E-state index contributed by atoms with van der Waals surface area (Å²) >= 11 is 0. The maximum Gasteiger partial charge on any atom is 0.342 e. The Balaban J connectivity index is 3.36. The van der Waals surface area contributed by atoms with E-state index in [0.717, 1.165) is 0 Å². The topological polar surface area (TPSA) is 65.0 Å². The minimum absolute atomic E-state index is 0.0133. The molecule has 0 atom stereocenters. The van der Waals surface area contributed by atoms with Gasteiger partial charge in [-0.05, 0) is 20.8 Å². The van der Waals surface area contributed by atoms with Crippen molar-refractivity contribution in [1.29, 1.82) is 0 Å². The van der Waals surface area contributed by atoms with Gasteiger partial charge in [0.25, 0.3) is 0 Å². The van der Waals surface area contributed by atoms with E-state index in [1.807, 2.05) is 0 Å². The number of aliphatic imine (C=N–C) groups is 1. The summed E-state index contributed by atoms with van der Waals surface area (Å²) in [5.41, 5.74) is -0.563. The Labute approximate surface area is 94.1 Å². The van der Waals surface area contributed by atoms with E-state index >= 15 is 0 Å². The largest absolute Gasteiger partial charge is 0.481 e. The van der Waals surface area contributed by atoms with Crippen molar-refractivity contribution >= 4 is 17.7 Å². The van der Waals surface area contributed by atoms with Gasteiger partial charge in [-0.1, -0.05) is 0 Å². The number of rotatable bonds is 1. The molecule has 88 valence electrons. The SMILES string of the molecule is COC(=O)C1=C(C)C(OC)=NC(C)(C)C1=O. The minimum Gasteiger partial charge on any atom is -0.481 e. The summed E-state index contributed by atoms with van der Waals surface area (Å²) in [4.78, 5) is 27.7. The fraction of sp³-hybridized carbons (Fsp3) is 0.545. The third-order valence-electron chi connectivity index (χ3n) is 2.44. The first-order valence-electron chi connectivity index (χ1n) is 4.83. The second kappa shape index (κ2) is 4.08. The summed E-state index contributed by atoms with van der Waals surface area (Å²) in [5.74, 6) is -0.706. The van der Waals surface area contributed by atoms with Crippen LogP contribution in [0.25, 0.3) is 0 Å². The fourth-order valence-electron chi connectivity index (χ4n) is 1.52. The van der Waals surface area contributed by atoms with Gasteiger partial charge in [-0.3, -0.25) is 4.79 Å². The summed E-state index contributed by atoms with van der Waals surface area (Å²) in [6.07, 6.45) is 0. The molecule has 0 bridgehead atoms. The van der Waals surface area contributed by atoms with Crippen LogP contribution in [0.2, 0.25) is 0 Å². The second-order valence-electron chi connectivity index (χ2n) is 4.00. The Morgan fingerprint density at radius 3 is 2.31 bits per heavy atom. The molecular formula is C11H15NO4. The van der Waals surface area contributed by atoms with Crippen molar-refractivity contribution in [2.45, 2.75) is 26.3 Å². The van der Waals surface area contributed by atoms with E-state index < -0.39 is 11.5 Å². The number of ketones is 1. The molecule has 0 saturated heterocycles. The molecule has 5 heteroatoms. The van der Waals surface area contributed by atoms with Gasteiger partial charge >= 0.3 is 5.97 Å². The molecule has 0 radical (unpaired) electrons. The van der Waals surface area contributed by atoms with Crippen molar-refractivity contribution in [2.75, 3.05) is 14.2 Å². The van der Waals surface area contributed by atoms with Crippen LogP contribution < -0.4 is 0 Å². The van der Waals surface area contributed by atoms with Crippen molar-refractivity contribution in [1.82, 2.24) is 0 Å². The minimum atomic E-state index is -0.992. The van der Waals surface area contributed by atoms with Crippen LogP contribution in [0.1, 0.15) is 20.8 Å². The molecule has 0 aromatic carbocycles. The maximum atomic E-state index is 12.0. The molecule has 5 nitrogen and oxygen atoms in total. The van der Waals surface area contributed by atoms with E-state index in [1.54, 1.807) is 20.8 Å². The van der Waals surface area contributed by atoms with Crippen LogP contribution in [0.15, 0.2) is 16.1 Å². The van der Waals surface area contributed by atoms with Crippen LogP contribution in [0.3, 0.4) is 0 Å². The van der Waals surface area contributed by atoms with Gasteiger partial charge in [0.05, 0.1) is 14.2 Å². The van der Waals surface area contributed by atoms with Gasteiger partial charge in [-0.15, -0.1) is 0 Å². The average Bonchev–Trinajstić information content (AvgIpc) is 2.23. The molecule has 16 heavy (non-hydrogen) atoms. The molecule has 0 fully saturated rings. The van der Waals surface area contributed by atoms with Crippen LogP contribution in [0.5, 0.6) is 0 Å². The van der Waals surface area contributed by atoms with Crippen molar-refractivity contribution < 1.29 is 19.1 Å². The Kier molecular flexibility index (Phi) is 3.16. The van der Waals surface area contributed by atoms with E-state index in [9.17, 15) is 9.59 Å². The molecular weight excluding hydrogens is 210 g/mol. The van der Waals surface area contributed by atoms with E-state index in [-0.39, 0.29) is 11.4 Å². The maximum absolute atomic E-state index is 12.0. The molecule has 0 saturated carbocycles. The summed E-state index contributed by atoms with van der Waals surface area (Å²) in [6, 6.07) is 0. The lowest BCUT2D eigenvalue weighted by Gasteiger charge is -2.26. The van der Waals surface area contributed by atoms with E-state index in [0.29, 0.717) is 11.5 Å². The van der Waals surface area contributed by atoms with Crippen molar-refractivity contribution in [3.8, 4) is 0 Å². The van der Waals surface area contributed by atoms with Crippen molar-refractivity contribution in [3.63, 3.8) is 0 Å². The highest BCUT2D eigenvalue weighted by Crippen LogP contribution is 2.26. The number of carbonyl (C=O) groups is 2. The number of ether oxygens (including phenoxy) is 2. The summed E-state index contributed by atoms with van der Waals surface area (Å²) in [7, 11) is 2.68. The molecule has 0 amide bonds. The zero-order valence-electron chi connectivity index (χ0n) is 10.1. The van der Waals surface area contributed by atoms with Gasteiger partial charge in [-0.2, -0.15) is 0 Å². The molecule has 0 aromatic heterocycles. The highest BCUT2D eigenvalue weighted by molar-refractivity contribution is 6.27. The fourth-order valence-corrected chi connectivity index (χ4v) is 1.52. The number of Topliss-reactive ketones (excluding diaryl/α,β-unsaturated/α-hetero) is 1. The van der Waals surface area contributed by atoms with Gasteiger partial charge < -0.3 is 9.47 Å². The average molecular weight is 225 g/mol. The first-order valence-corrected chi connectivity index (χ1v) is 4.83. The predicted molar refractivity (Wildman–Crippen MR) is 58.2 cm³/mol. The zero-order valence-corrected chi connectivity index (χ0v) is 10.1. The van der Waals surface area contributed by atoms with Gasteiger partial charge in [0.2, 0.25) is 5.90 Å². The molecule has 0 spiro atoms. The summed E-state index contributed by atoms with van der Waals surface area (Å²) in [6.45, 7) is 4.87. The molecule has 0 aromatic rings. The molecule has 0 aliphatic carbocycles. The van der Waals surface area contributed by atoms with Gasteiger partial charge in [0.15, 0.2) is 5.78 Å². The number of nitrogens with zero attached hydrogens (tertiary/aromatic N) is 1. The lowest BCUT2D eigenvalue weighted by atomic mass is 9.88. The molecule has 0 unspecified atom stereocenters. The lowest BCUT2D eigenvalue weighted by Crippen LogP contribution is -2.40. The second-order valence-corrected chi connectivity index (χ2v) is 4.00. The van der Waals surface area contributed by atoms with Crippen LogP contribution in [-0.2, 0) is 19.1 Å². The Morgan fingerprint density at radius 2 is 1.88 bits per heavy atom. The number of esters is 1. The number of hydrogen-bond acceptors (Lipinski definition) is 5.